The molecule has 7 N–H and O–H groups in total. The zero-order valence-electron chi connectivity index (χ0n) is 19.8. The van der Waals surface area contributed by atoms with Crippen molar-refractivity contribution >= 4 is 39.8 Å². The van der Waals surface area contributed by atoms with Crippen molar-refractivity contribution in [3.05, 3.63) is 95.1 Å². The molecule has 0 saturated heterocycles. The summed E-state index contributed by atoms with van der Waals surface area (Å²) in [6.07, 6.45) is 1.39. The van der Waals surface area contributed by atoms with Gasteiger partial charge in [-0.15, -0.1) is 0 Å². The molecule has 5 rings (SSSR count). The third-order valence-corrected chi connectivity index (χ3v) is 6.12. The molecule has 0 aliphatic rings. The van der Waals surface area contributed by atoms with Crippen LogP contribution in [0.4, 0.5) is 0 Å². The highest BCUT2D eigenvalue weighted by atomic mass is 16.4. The second-order valence-electron chi connectivity index (χ2n) is 8.80. The molecule has 1 atom stereocenters. The van der Waals surface area contributed by atoms with Gasteiger partial charge >= 0.3 is 5.97 Å². The number of nitrogen functional groups attached to an aromatic ring is 1. The zero-order valence-corrected chi connectivity index (χ0v) is 19.8. The number of aryl methyl sites for hydroxylation is 2. The summed E-state index contributed by atoms with van der Waals surface area (Å²) in [5.41, 5.74) is 10.4. The number of hydrogen-bond acceptors (Lipinski definition) is 5. The molecule has 0 aliphatic heterocycles. The minimum atomic E-state index is -1.09. The van der Waals surface area contributed by atoms with Crippen LogP contribution < -0.4 is 11.1 Å². The van der Waals surface area contributed by atoms with Crippen LogP contribution in [-0.2, 0) is 24.1 Å². The zero-order chi connectivity index (χ0) is 25.9. The number of carbonyl (C=O) groups excluding carboxylic acids is 1. The predicted octanol–water partition coefficient (Wildman–Crippen LogP) is 2.93. The lowest BCUT2D eigenvalue weighted by atomic mass is 10.1. The standard InChI is InChI=1S/C27H25N7O3/c28-25(29)16-6-8-18-20(13-16)32-23(30-18)10-11-24-31-19-9-7-17(14-21(19)33-24)26(35)34-22(27(36)37)12-15-4-2-1-3-5-15/h1-9,13-14,22H,10-12H2,(H3,28,29)(H,30,32)(H,31,33)(H,34,35)(H,36,37). The lowest BCUT2D eigenvalue weighted by molar-refractivity contribution is -0.139. The summed E-state index contributed by atoms with van der Waals surface area (Å²) in [6, 6.07) is 18.6. The van der Waals surface area contributed by atoms with Crippen LogP contribution in [0.15, 0.2) is 66.7 Å². The molecule has 3 aromatic carbocycles. The highest BCUT2D eigenvalue weighted by molar-refractivity contribution is 5.99. The molecule has 0 fully saturated rings. The lowest BCUT2D eigenvalue weighted by Gasteiger charge is -2.14. The highest BCUT2D eigenvalue weighted by Gasteiger charge is 2.21. The number of imidazole rings is 2. The molecule has 37 heavy (non-hydrogen) atoms. The Morgan fingerprint density at radius 2 is 1.46 bits per heavy atom. The van der Waals surface area contributed by atoms with Gasteiger partial charge in [-0.2, -0.15) is 0 Å². The highest BCUT2D eigenvalue weighted by Crippen LogP contribution is 2.17. The van der Waals surface area contributed by atoms with Crippen LogP contribution in [-0.4, -0.2) is 48.8 Å². The smallest absolute Gasteiger partial charge is 0.326 e. The van der Waals surface area contributed by atoms with Crippen LogP contribution in [0.5, 0.6) is 0 Å². The normalized spacial score (nSPS) is 12.0. The van der Waals surface area contributed by atoms with Gasteiger partial charge in [0.2, 0.25) is 0 Å². The van der Waals surface area contributed by atoms with Crippen LogP contribution in [0, 0.1) is 5.41 Å². The summed E-state index contributed by atoms with van der Waals surface area (Å²) in [6.45, 7) is 0. The molecule has 2 aromatic heterocycles. The Labute approximate surface area is 211 Å². The number of carboxylic acid groups (broad SMARTS) is 1. The number of hydrogen-bond donors (Lipinski definition) is 6. The van der Waals surface area contributed by atoms with E-state index in [0.29, 0.717) is 29.5 Å². The monoisotopic (exact) mass is 495 g/mol. The van der Waals surface area contributed by atoms with E-state index in [2.05, 4.69) is 25.3 Å². The van der Waals surface area contributed by atoms with Gasteiger partial charge in [-0.05, 0) is 42.0 Å². The predicted molar refractivity (Wildman–Crippen MR) is 140 cm³/mol. The number of H-pyrrole nitrogens is 2. The molecule has 0 bridgehead atoms. The number of carbonyl (C=O) groups is 2. The van der Waals surface area contributed by atoms with E-state index in [0.717, 1.165) is 33.8 Å². The molecular formula is C27H25N7O3. The number of rotatable bonds is 9. The van der Waals surface area contributed by atoms with E-state index in [1.54, 1.807) is 30.3 Å². The van der Waals surface area contributed by atoms with Crippen molar-refractivity contribution < 1.29 is 14.7 Å². The quantitative estimate of drug-likeness (QED) is 0.135. The minimum absolute atomic E-state index is 0.00329. The fourth-order valence-corrected chi connectivity index (χ4v) is 4.19. The van der Waals surface area contributed by atoms with Crippen molar-refractivity contribution in [1.29, 1.82) is 5.41 Å². The topological polar surface area (TPSA) is 174 Å². The number of nitrogens with two attached hydrogens (primary N) is 1. The summed E-state index contributed by atoms with van der Waals surface area (Å²) in [4.78, 5) is 40.3. The summed E-state index contributed by atoms with van der Waals surface area (Å²) >= 11 is 0. The first-order valence-electron chi connectivity index (χ1n) is 11.7. The van der Waals surface area contributed by atoms with Gasteiger partial charge in [0.15, 0.2) is 0 Å². The van der Waals surface area contributed by atoms with E-state index in [9.17, 15) is 14.7 Å². The molecule has 1 unspecified atom stereocenters. The summed E-state index contributed by atoms with van der Waals surface area (Å²) < 4.78 is 0. The van der Waals surface area contributed by atoms with Gasteiger partial charge < -0.3 is 26.1 Å². The Bertz CT molecular complexity index is 1620. The SMILES string of the molecule is N=C(N)c1ccc2[nH]c(CCc3nc4cc(C(=O)NC(Cc5ccccc5)C(=O)O)ccc4[nH]3)nc2c1. The lowest BCUT2D eigenvalue weighted by Crippen LogP contribution is -2.42. The Morgan fingerprint density at radius 1 is 0.892 bits per heavy atom. The molecule has 0 spiro atoms. The van der Waals surface area contributed by atoms with Crippen LogP contribution >= 0.6 is 0 Å². The summed E-state index contributed by atoms with van der Waals surface area (Å²) in [5, 5.41) is 19.8. The van der Waals surface area contributed by atoms with Gasteiger partial charge in [-0.1, -0.05) is 30.3 Å². The molecule has 10 nitrogen and oxygen atoms in total. The van der Waals surface area contributed by atoms with Crippen LogP contribution in [0.2, 0.25) is 0 Å². The first kappa shape index (κ1) is 23.7. The second kappa shape index (κ2) is 9.94. The molecule has 1 amide bonds. The number of carboxylic acids is 1. The van der Waals surface area contributed by atoms with Gasteiger partial charge in [-0.25, -0.2) is 14.8 Å². The van der Waals surface area contributed by atoms with Gasteiger partial charge in [0.25, 0.3) is 5.91 Å². The number of fused-ring (bicyclic) bond motifs is 2. The van der Waals surface area contributed by atoms with E-state index in [1.807, 2.05) is 36.4 Å². The third kappa shape index (κ3) is 5.32. The molecule has 0 radical (unpaired) electrons. The largest absolute Gasteiger partial charge is 0.480 e. The van der Waals surface area contributed by atoms with Gasteiger partial charge in [0, 0.05) is 30.4 Å². The maximum atomic E-state index is 12.8. The van der Waals surface area contributed by atoms with Gasteiger partial charge in [0.1, 0.15) is 23.5 Å². The minimum Gasteiger partial charge on any atom is -0.480 e. The number of aromatic amines is 2. The molecule has 186 valence electrons. The first-order valence-corrected chi connectivity index (χ1v) is 11.7. The summed E-state index contributed by atoms with van der Waals surface area (Å²) in [5.74, 6) is -0.0406. The number of aromatic nitrogens is 4. The van der Waals surface area contributed by atoms with Crippen molar-refractivity contribution in [3.8, 4) is 0 Å². The number of aliphatic carboxylic acids is 1. The number of benzene rings is 3. The summed E-state index contributed by atoms with van der Waals surface area (Å²) in [7, 11) is 0. The fourth-order valence-electron chi connectivity index (χ4n) is 4.19. The molecule has 0 aliphatic carbocycles. The van der Waals surface area contributed by atoms with E-state index < -0.39 is 17.9 Å². The molecular weight excluding hydrogens is 470 g/mol. The molecule has 0 saturated carbocycles. The number of nitrogens with zero attached hydrogens (tertiary/aromatic N) is 2. The second-order valence-corrected chi connectivity index (χ2v) is 8.80. The fraction of sp³-hybridized carbons (Fsp3) is 0.148. The Balaban J connectivity index is 1.27. The molecule has 5 aromatic rings. The van der Waals surface area contributed by atoms with Gasteiger partial charge in [0.05, 0.1) is 22.1 Å². The van der Waals surface area contributed by atoms with Crippen LogP contribution in [0.1, 0.15) is 33.1 Å². The number of amidine groups is 1. The first-order chi connectivity index (χ1) is 17.9. The van der Waals surface area contributed by atoms with Crippen molar-refractivity contribution in [1.82, 2.24) is 25.3 Å². The molecule has 10 heteroatoms. The number of nitrogens with one attached hydrogen (secondary N) is 4. The van der Waals surface area contributed by atoms with Crippen molar-refractivity contribution in [2.45, 2.75) is 25.3 Å². The van der Waals surface area contributed by atoms with Crippen LogP contribution in [0.3, 0.4) is 0 Å². The maximum Gasteiger partial charge on any atom is 0.326 e. The van der Waals surface area contributed by atoms with Crippen molar-refractivity contribution in [3.63, 3.8) is 0 Å². The van der Waals surface area contributed by atoms with E-state index in [-0.39, 0.29) is 12.3 Å². The number of amides is 1. The van der Waals surface area contributed by atoms with Crippen LogP contribution in [0.25, 0.3) is 22.1 Å². The van der Waals surface area contributed by atoms with E-state index >= 15 is 0 Å². The molecule has 2 heterocycles. The Kier molecular flexibility index (Phi) is 6.38. The average molecular weight is 496 g/mol. The average Bonchev–Trinajstić information content (AvgIpc) is 3.49. The Hall–Kier alpha value is -4.99. The van der Waals surface area contributed by atoms with Gasteiger partial charge in [-0.3, -0.25) is 10.2 Å². The van der Waals surface area contributed by atoms with E-state index in [4.69, 9.17) is 11.1 Å². The van der Waals surface area contributed by atoms with Crippen molar-refractivity contribution in [2.75, 3.05) is 0 Å². The Morgan fingerprint density at radius 3 is 2.03 bits per heavy atom. The third-order valence-electron chi connectivity index (χ3n) is 6.12. The van der Waals surface area contributed by atoms with E-state index in [1.165, 1.54) is 0 Å². The van der Waals surface area contributed by atoms with Crippen molar-refractivity contribution in [2.24, 2.45) is 5.73 Å². The maximum absolute atomic E-state index is 12.8.